The number of rotatable bonds is 1. The van der Waals surface area contributed by atoms with Crippen LogP contribution in [0.2, 0.25) is 0 Å². The van der Waals surface area contributed by atoms with E-state index in [0.29, 0.717) is 5.88 Å². The maximum atomic E-state index is 10.7. The SMILES string of the molecule is COc1ccn2c(=S(=O)=O)[nH]nc2n1. The van der Waals surface area contributed by atoms with Gasteiger partial charge in [0.15, 0.2) is 0 Å². The molecule has 0 aliphatic rings. The largest absolute Gasteiger partial charge is 0.481 e. The Bertz CT molecular complexity index is 630. The van der Waals surface area contributed by atoms with Gasteiger partial charge in [-0.15, -0.1) is 5.10 Å². The summed E-state index contributed by atoms with van der Waals surface area (Å²) in [5, 5.41) is 6.05. The van der Waals surface area contributed by atoms with Gasteiger partial charge in [0, 0.05) is 12.3 Å². The molecule has 0 radical (unpaired) electrons. The summed E-state index contributed by atoms with van der Waals surface area (Å²) in [5.74, 6) is 0.614. The zero-order valence-corrected chi connectivity index (χ0v) is 7.95. The number of hydrogen-bond donors (Lipinski definition) is 1. The number of hydrogen-bond acceptors (Lipinski definition) is 5. The van der Waals surface area contributed by atoms with Crippen molar-refractivity contribution in [1.82, 2.24) is 19.6 Å². The third-order valence-corrected chi connectivity index (χ3v) is 2.23. The van der Waals surface area contributed by atoms with Gasteiger partial charge in [0.2, 0.25) is 5.88 Å². The molecule has 0 amide bonds. The van der Waals surface area contributed by atoms with Gasteiger partial charge < -0.3 is 4.74 Å². The smallest absolute Gasteiger partial charge is 0.258 e. The van der Waals surface area contributed by atoms with Gasteiger partial charge in [-0.1, -0.05) is 0 Å². The van der Waals surface area contributed by atoms with Crippen LogP contribution in [-0.2, 0) is 10.3 Å². The van der Waals surface area contributed by atoms with Crippen molar-refractivity contribution in [3.8, 4) is 5.88 Å². The lowest BCUT2D eigenvalue weighted by molar-refractivity contribution is 0.398. The van der Waals surface area contributed by atoms with E-state index in [0.717, 1.165) is 0 Å². The van der Waals surface area contributed by atoms with Crippen LogP contribution in [0.1, 0.15) is 0 Å². The van der Waals surface area contributed by atoms with Crippen LogP contribution < -0.4 is 4.74 Å². The van der Waals surface area contributed by atoms with Crippen LogP contribution in [0.5, 0.6) is 5.88 Å². The van der Waals surface area contributed by atoms with E-state index < -0.39 is 10.3 Å². The van der Waals surface area contributed by atoms with Crippen LogP contribution in [0.25, 0.3) is 5.78 Å². The van der Waals surface area contributed by atoms with Crippen molar-refractivity contribution in [3.63, 3.8) is 0 Å². The van der Waals surface area contributed by atoms with Crippen molar-refractivity contribution in [2.45, 2.75) is 0 Å². The molecule has 0 bridgehead atoms. The summed E-state index contributed by atoms with van der Waals surface area (Å²) >= 11 is 0. The van der Waals surface area contributed by atoms with Crippen LogP contribution in [0.3, 0.4) is 0 Å². The molecule has 0 fully saturated rings. The number of methoxy groups -OCH3 is 1. The lowest BCUT2D eigenvalue weighted by Gasteiger charge is -1.96. The molecule has 2 aromatic rings. The van der Waals surface area contributed by atoms with Gasteiger partial charge in [-0.25, -0.2) is 5.10 Å². The molecule has 2 heterocycles. The first kappa shape index (κ1) is 8.75. The van der Waals surface area contributed by atoms with Gasteiger partial charge in [0.05, 0.1) is 7.11 Å². The Morgan fingerprint density at radius 1 is 1.57 bits per heavy atom. The Balaban J connectivity index is 2.92. The second kappa shape index (κ2) is 3.14. The summed E-state index contributed by atoms with van der Waals surface area (Å²) in [6, 6.07) is 1.54. The van der Waals surface area contributed by atoms with E-state index in [4.69, 9.17) is 4.74 Å². The first-order chi connectivity index (χ1) is 6.72. The van der Waals surface area contributed by atoms with Crippen molar-refractivity contribution in [1.29, 1.82) is 0 Å². The maximum absolute atomic E-state index is 10.7. The number of nitrogens with zero attached hydrogens (tertiary/aromatic N) is 3. The second-order valence-electron chi connectivity index (χ2n) is 2.40. The Labute approximate surface area is 79.5 Å². The minimum absolute atomic E-state index is 0.0462. The van der Waals surface area contributed by atoms with Crippen molar-refractivity contribution in [3.05, 3.63) is 17.0 Å². The van der Waals surface area contributed by atoms with E-state index in [1.54, 1.807) is 6.07 Å². The number of H-pyrrole nitrogens is 1. The van der Waals surface area contributed by atoms with Gasteiger partial charge in [0.25, 0.3) is 20.8 Å². The maximum Gasteiger partial charge on any atom is 0.258 e. The Morgan fingerprint density at radius 3 is 3.00 bits per heavy atom. The van der Waals surface area contributed by atoms with Crippen LogP contribution in [-0.4, -0.2) is 35.1 Å². The third kappa shape index (κ3) is 1.25. The van der Waals surface area contributed by atoms with E-state index in [9.17, 15) is 8.42 Å². The molecule has 0 aliphatic heterocycles. The summed E-state index contributed by atoms with van der Waals surface area (Å²) in [6.07, 6.45) is 1.51. The van der Waals surface area contributed by atoms with Gasteiger partial charge in [-0.2, -0.15) is 13.4 Å². The summed E-state index contributed by atoms with van der Waals surface area (Å²) in [4.78, 5) is 3.92. The number of nitrogens with one attached hydrogen (secondary N) is 1. The quantitative estimate of drug-likeness (QED) is 0.645. The average Bonchev–Trinajstić information content (AvgIpc) is 2.59. The molecule has 2 aromatic heterocycles. The topological polar surface area (TPSA) is 89.4 Å². The molecule has 0 aromatic carbocycles. The average molecular weight is 214 g/mol. The Kier molecular flexibility index (Phi) is 1.97. The summed E-state index contributed by atoms with van der Waals surface area (Å²) in [6.45, 7) is 0. The van der Waals surface area contributed by atoms with Crippen LogP contribution >= 0.6 is 0 Å². The van der Waals surface area contributed by atoms with Gasteiger partial charge in [0.1, 0.15) is 0 Å². The molecule has 7 nitrogen and oxygen atoms in total. The van der Waals surface area contributed by atoms with Crippen molar-refractivity contribution in [2.24, 2.45) is 0 Å². The molecule has 74 valence electrons. The van der Waals surface area contributed by atoms with Gasteiger partial charge >= 0.3 is 0 Å². The number of ether oxygens (including phenoxy) is 1. The lowest BCUT2D eigenvalue weighted by atomic mass is 10.6. The van der Waals surface area contributed by atoms with Gasteiger partial charge in [-0.05, 0) is 0 Å². The molecule has 0 spiro atoms. The molecule has 0 saturated heterocycles. The fraction of sp³-hybridized carbons (Fsp3) is 0.167. The molecule has 0 atom stereocenters. The number of aromatic amines is 1. The summed E-state index contributed by atoms with van der Waals surface area (Å²) in [7, 11) is -0.896. The fourth-order valence-electron chi connectivity index (χ4n) is 1.01. The molecule has 1 N–H and O–H groups in total. The first-order valence-corrected chi connectivity index (χ1v) is 4.70. The first-order valence-electron chi connectivity index (χ1n) is 3.62. The van der Waals surface area contributed by atoms with E-state index >= 15 is 0 Å². The highest BCUT2D eigenvalue weighted by Gasteiger charge is 2.01. The fourth-order valence-corrected chi connectivity index (χ4v) is 1.44. The third-order valence-electron chi connectivity index (χ3n) is 1.63. The van der Waals surface area contributed by atoms with E-state index in [2.05, 4.69) is 15.2 Å². The van der Waals surface area contributed by atoms with Crippen molar-refractivity contribution < 1.29 is 13.2 Å². The minimum atomic E-state index is -2.37. The number of aromatic nitrogens is 4. The van der Waals surface area contributed by atoms with Crippen LogP contribution in [0, 0.1) is 4.77 Å². The zero-order valence-electron chi connectivity index (χ0n) is 7.13. The Hall–Kier alpha value is -1.83. The lowest BCUT2D eigenvalue weighted by Crippen LogP contribution is -1.92. The monoisotopic (exact) mass is 214 g/mol. The van der Waals surface area contributed by atoms with E-state index in [-0.39, 0.29) is 10.5 Å². The van der Waals surface area contributed by atoms with E-state index in [1.807, 2.05) is 0 Å². The standard InChI is InChI=1S/C6H6N4O3S/c1-13-4-2-3-10-5(7-4)8-9-6(10)14(11)12/h2-3,9H,1H3. The highest BCUT2D eigenvalue weighted by atomic mass is 32.2. The molecular weight excluding hydrogens is 208 g/mol. The molecule has 0 saturated carbocycles. The molecule has 2 rings (SSSR count). The zero-order chi connectivity index (χ0) is 10.1. The molecular formula is C6H6N4O3S. The number of fused-ring (bicyclic) bond motifs is 1. The summed E-state index contributed by atoms with van der Waals surface area (Å²) < 4.78 is 27.5. The molecule has 8 heteroatoms. The molecule has 0 unspecified atom stereocenters. The normalized spacial score (nSPS) is 10.4. The summed E-state index contributed by atoms with van der Waals surface area (Å²) in [5.41, 5.74) is 0. The highest BCUT2D eigenvalue weighted by Crippen LogP contribution is 2.05. The van der Waals surface area contributed by atoms with Crippen molar-refractivity contribution in [2.75, 3.05) is 7.11 Å². The van der Waals surface area contributed by atoms with E-state index in [1.165, 1.54) is 17.7 Å². The van der Waals surface area contributed by atoms with Crippen LogP contribution in [0.4, 0.5) is 0 Å². The minimum Gasteiger partial charge on any atom is -0.481 e. The van der Waals surface area contributed by atoms with Crippen LogP contribution in [0.15, 0.2) is 12.3 Å². The predicted octanol–water partition coefficient (Wildman–Crippen LogP) is -0.523. The van der Waals surface area contributed by atoms with Gasteiger partial charge in [-0.3, -0.25) is 4.40 Å². The molecule has 14 heavy (non-hydrogen) atoms. The Morgan fingerprint density at radius 2 is 2.36 bits per heavy atom. The predicted molar refractivity (Wildman–Crippen MR) is 46.1 cm³/mol. The molecule has 0 aliphatic carbocycles. The second-order valence-corrected chi connectivity index (χ2v) is 3.26. The van der Waals surface area contributed by atoms with Crippen molar-refractivity contribution >= 4 is 16.1 Å². The highest BCUT2D eigenvalue weighted by molar-refractivity contribution is 7.63.